The zero-order chi connectivity index (χ0) is 18.3. The summed E-state index contributed by atoms with van der Waals surface area (Å²) in [6.45, 7) is -1.00. The third kappa shape index (κ3) is 4.01. The number of nitrogens with zero attached hydrogens (tertiary/aromatic N) is 1. The number of benzene rings is 1. The van der Waals surface area contributed by atoms with E-state index in [1.165, 1.54) is 6.07 Å². The van der Waals surface area contributed by atoms with Gasteiger partial charge in [0.2, 0.25) is 10.0 Å². The molecule has 0 saturated carbocycles. The van der Waals surface area contributed by atoms with Gasteiger partial charge in [0, 0.05) is 0 Å². The molecule has 1 fully saturated rings. The molecule has 1 heterocycles. The number of aliphatic carboxylic acids is 1. The molecule has 2 atom stereocenters. The van der Waals surface area contributed by atoms with E-state index in [-0.39, 0.29) is 14.9 Å². The van der Waals surface area contributed by atoms with Crippen LogP contribution < -0.4 is 0 Å². The van der Waals surface area contributed by atoms with Crippen LogP contribution in [0, 0.1) is 0 Å². The van der Waals surface area contributed by atoms with Crippen molar-refractivity contribution in [3.63, 3.8) is 0 Å². The molecule has 0 aliphatic carbocycles. The summed E-state index contributed by atoms with van der Waals surface area (Å²) in [5.74, 6) is -2.79. The van der Waals surface area contributed by atoms with Gasteiger partial charge in [0.05, 0.1) is 38.6 Å². The highest BCUT2D eigenvalue weighted by molar-refractivity contribution is 7.92. The standard InChI is InChI=1S/C12H13Cl2NO7S2/c13-8-2-1-7(3-9(8)14)24(21,22)15(4-12(17)18)10-5-23(19,20)6-11(10)16/h1-3,10-11,16H,4-6H2,(H,17,18)/t10-,11+/m1/s1. The maximum Gasteiger partial charge on any atom is 0.318 e. The fourth-order valence-electron chi connectivity index (χ4n) is 2.37. The molecule has 1 aliphatic heterocycles. The zero-order valence-electron chi connectivity index (χ0n) is 12.0. The second kappa shape index (κ2) is 6.77. The molecule has 0 spiro atoms. The molecule has 134 valence electrons. The van der Waals surface area contributed by atoms with E-state index in [9.17, 15) is 26.7 Å². The SMILES string of the molecule is O=C(O)CN([C@@H]1CS(=O)(=O)C[C@@H]1O)S(=O)(=O)c1ccc(Cl)c(Cl)c1. The number of carboxylic acids is 1. The lowest BCUT2D eigenvalue weighted by molar-refractivity contribution is -0.137. The van der Waals surface area contributed by atoms with Gasteiger partial charge in [-0.05, 0) is 18.2 Å². The average Bonchev–Trinajstić information content (AvgIpc) is 2.71. The van der Waals surface area contributed by atoms with Crippen molar-refractivity contribution in [3.05, 3.63) is 28.2 Å². The van der Waals surface area contributed by atoms with E-state index in [1.807, 2.05) is 0 Å². The Kier molecular flexibility index (Phi) is 5.48. The van der Waals surface area contributed by atoms with E-state index in [2.05, 4.69) is 0 Å². The molecule has 12 heteroatoms. The monoisotopic (exact) mass is 417 g/mol. The lowest BCUT2D eigenvalue weighted by Gasteiger charge is -2.27. The average molecular weight is 418 g/mol. The van der Waals surface area contributed by atoms with Gasteiger partial charge in [-0.3, -0.25) is 4.79 Å². The highest BCUT2D eigenvalue weighted by Crippen LogP contribution is 2.29. The molecule has 0 amide bonds. The summed E-state index contributed by atoms with van der Waals surface area (Å²) in [7, 11) is -8.10. The van der Waals surface area contributed by atoms with Crippen LogP contribution >= 0.6 is 23.2 Å². The first-order chi connectivity index (χ1) is 10.9. The minimum Gasteiger partial charge on any atom is -0.480 e. The van der Waals surface area contributed by atoms with E-state index < -0.39 is 56.0 Å². The number of sulfone groups is 1. The maximum atomic E-state index is 12.7. The van der Waals surface area contributed by atoms with Gasteiger partial charge >= 0.3 is 5.97 Å². The summed E-state index contributed by atoms with van der Waals surface area (Å²) in [5.41, 5.74) is 0. The van der Waals surface area contributed by atoms with Gasteiger partial charge in [0.15, 0.2) is 9.84 Å². The molecule has 1 aliphatic rings. The fourth-order valence-corrected chi connectivity index (χ4v) is 6.26. The lowest BCUT2D eigenvalue weighted by Crippen LogP contribution is -2.48. The summed E-state index contributed by atoms with van der Waals surface area (Å²) in [6, 6.07) is 1.97. The van der Waals surface area contributed by atoms with Crippen molar-refractivity contribution in [2.75, 3.05) is 18.1 Å². The molecule has 1 saturated heterocycles. The van der Waals surface area contributed by atoms with Crippen molar-refractivity contribution in [1.82, 2.24) is 4.31 Å². The van der Waals surface area contributed by atoms with Gasteiger partial charge in [-0.1, -0.05) is 23.2 Å². The summed E-state index contributed by atoms with van der Waals surface area (Å²) in [6.07, 6.45) is -1.52. The van der Waals surface area contributed by atoms with E-state index in [0.29, 0.717) is 4.31 Å². The summed E-state index contributed by atoms with van der Waals surface area (Å²) in [5, 5.41) is 18.9. The first-order valence-corrected chi connectivity index (χ1v) is 10.5. The van der Waals surface area contributed by atoms with E-state index in [0.717, 1.165) is 12.1 Å². The van der Waals surface area contributed by atoms with Crippen molar-refractivity contribution in [2.45, 2.75) is 17.0 Å². The molecule has 2 N–H and O–H groups in total. The van der Waals surface area contributed by atoms with Gasteiger partial charge in [0.25, 0.3) is 0 Å². The maximum absolute atomic E-state index is 12.7. The third-order valence-corrected chi connectivity index (χ3v) is 7.76. The van der Waals surface area contributed by atoms with Gasteiger partial charge in [-0.2, -0.15) is 4.31 Å². The molecule has 0 bridgehead atoms. The van der Waals surface area contributed by atoms with Crippen LogP contribution in [0.25, 0.3) is 0 Å². The molecule has 8 nitrogen and oxygen atoms in total. The Morgan fingerprint density at radius 2 is 1.88 bits per heavy atom. The molecule has 24 heavy (non-hydrogen) atoms. The molecule has 1 aromatic carbocycles. The van der Waals surface area contributed by atoms with Gasteiger partial charge in [0.1, 0.15) is 6.54 Å². The van der Waals surface area contributed by atoms with Crippen LogP contribution in [0.5, 0.6) is 0 Å². The predicted octanol–water partition coefficient (Wildman–Crippen LogP) is 0.227. The van der Waals surface area contributed by atoms with E-state index in [1.54, 1.807) is 0 Å². The van der Waals surface area contributed by atoms with Gasteiger partial charge in [-0.15, -0.1) is 0 Å². The molecule has 1 aromatic rings. The number of aliphatic hydroxyl groups is 1. The highest BCUT2D eigenvalue weighted by Gasteiger charge is 2.45. The second-order valence-corrected chi connectivity index (χ2v) is 10.1. The smallest absolute Gasteiger partial charge is 0.318 e. The first-order valence-electron chi connectivity index (χ1n) is 6.51. The number of halogens is 2. The van der Waals surface area contributed by atoms with Crippen molar-refractivity contribution in [1.29, 1.82) is 0 Å². The fraction of sp³-hybridized carbons (Fsp3) is 0.417. The van der Waals surface area contributed by atoms with Crippen LogP contribution in [0.3, 0.4) is 0 Å². The molecular formula is C12H13Cl2NO7S2. The number of carbonyl (C=O) groups is 1. The Morgan fingerprint density at radius 1 is 1.25 bits per heavy atom. The van der Waals surface area contributed by atoms with Crippen LogP contribution in [0.2, 0.25) is 10.0 Å². The van der Waals surface area contributed by atoms with Crippen LogP contribution in [-0.4, -0.2) is 67.5 Å². The molecule has 2 rings (SSSR count). The topological polar surface area (TPSA) is 129 Å². The summed E-state index contributed by atoms with van der Waals surface area (Å²) < 4.78 is 49.2. The number of rotatable bonds is 5. The highest BCUT2D eigenvalue weighted by atomic mass is 35.5. The number of aliphatic hydroxyl groups excluding tert-OH is 1. The largest absolute Gasteiger partial charge is 0.480 e. The van der Waals surface area contributed by atoms with Crippen molar-refractivity contribution < 1.29 is 31.8 Å². The Balaban J connectivity index is 2.50. The van der Waals surface area contributed by atoms with Crippen molar-refractivity contribution in [3.8, 4) is 0 Å². The number of carboxylic acid groups (broad SMARTS) is 1. The summed E-state index contributed by atoms with van der Waals surface area (Å²) >= 11 is 11.5. The summed E-state index contributed by atoms with van der Waals surface area (Å²) in [4.78, 5) is 10.7. The number of sulfonamides is 1. The third-order valence-electron chi connectivity index (χ3n) is 3.45. The van der Waals surface area contributed by atoms with Crippen LogP contribution in [0.15, 0.2) is 23.1 Å². The van der Waals surface area contributed by atoms with Crippen LogP contribution in [0.4, 0.5) is 0 Å². The first kappa shape index (κ1) is 19.4. The molecule has 0 aromatic heterocycles. The van der Waals surface area contributed by atoms with Crippen LogP contribution in [-0.2, 0) is 24.7 Å². The number of hydrogen-bond donors (Lipinski definition) is 2. The van der Waals surface area contributed by atoms with Crippen molar-refractivity contribution >= 4 is 49.0 Å². The van der Waals surface area contributed by atoms with Crippen LogP contribution in [0.1, 0.15) is 0 Å². The van der Waals surface area contributed by atoms with Crippen molar-refractivity contribution in [2.24, 2.45) is 0 Å². The second-order valence-electron chi connectivity index (χ2n) is 5.23. The minimum absolute atomic E-state index is 0.0624. The van der Waals surface area contributed by atoms with Gasteiger partial charge < -0.3 is 10.2 Å². The van der Waals surface area contributed by atoms with Gasteiger partial charge in [-0.25, -0.2) is 16.8 Å². The van der Waals surface area contributed by atoms with E-state index >= 15 is 0 Å². The minimum atomic E-state index is -4.42. The Labute approximate surface area is 148 Å². The number of hydrogen-bond acceptors (Lipinski definition) is 6. The lowest BCUT2D eigenvalue weighted by atomic mass is 10.2. The Bertz CT molecular complexity index is 869. The Hall–Kier alpha value is -0.910. The molecule has 0 radical (unpaired) electrons. The normalized spacial score (nSPS) is 23.5. The molecule has 0 unspecified atom stereocenters. The Morgan fingerprint density at radius 3 is 2.33 bits per heavy atom. The predicted molar refractivity (Wildman–Crippen MR) is 86.4 cm³/mol. The zero-order valence-corrected chi connectivity index (χ0v) is 15.1. The quantitative estimate of drug-likeness (QED) is 0.700. The van der Waals surface area contributed by atoms with E-state index in [4.69, 9.17) is 28.3 Å². The molecular weight excluding hydrogens is 405 g/mol.